The van der Waals surface area contributed by atoms with Crippen LogP contribution in [0.4, 0.5) is 0 Å². The van der Waals surface area contributed by atoms with Crippen LogP contribution >= 0.6 is 23.2 Å². The summed E-state index contributed by atoms with van der Waals surface area (Å²) in [5, 5.41) is 5.08. The van der Waals surface area contributed by atoms with Crippen LogP contribution in [0.1, 0.15) is 16.7 Å². The van der Waals surface area contributed by atoms with Crippen LogP contribution in [0.15, 0.2) is 78.0 Å². The van der Waals surface area contributed by atoms with Crippen molar-refractivity contribution in [3.05, 3.63) is 99.5 Å². The molecule has 0 heterocycles. The second kappa shape index (κ2) is 9.27. The number of hydrogen-bond donors (Lipinski definition) is 0. The van der Waals surface area contributed by atoms with Crippen LogP contribution in [0.25, 0.3) is 0 Å². The number of oxime groups is 1. The largest absolute Gasteiger partial charge is 0.489 e. The number of halogens is 2. The van der Waals surface area contributed by atoms with E-state index in [-0.39, 0.29) is 6.61 Å². The van der Waals surface area contributed by atoms with E-state index in [1.165, 1.54) is 0 Å². The number of rotatable bonds is 7. The molecule has 0 amide bonds. The van der Waals surface area contributed by atoms with Crippen molar-refractivity contribution in [2.24, 2.45) is 5.16 Å². The lowest BCUT2D eigenvalue weighted by Gasteiger charge is -2.06. The number of hydrogen-bond acceptors (Lipinski definition) is 3. The number of ether oxygens (including phenoxy) is 1. The summed E-state index contributed by atoms with van der Waals surface area (Å²) in [5.41, 5.74) is 2.75. The molecule has 0 saturated heterocycles. The minimum atomic E-state index is 0.216. The Bertz CT molecular complexity index is 845. The molecule has 0 fully saturated rings. The summed E-state index contributed by atoms with van der Waals surface area (Å²) in [4.78, 5) is 5.29. The molecule has 0 aliphatic rings. The molecule has 3 rings (SSSR count). The fourth-order valence-electron chi connectivity index (χ4n) is 2.26. The van der Waals surface area contributed by atoms with E-state index >= 15 is 0 Å². The Morgan fingerprint density at radius 1 is 0.769 bits per heavy atom. The Hall–Kier alpha value is -2.49. The van der Waals surface area contributed by atoms with Crippen LogP contribution in [0.2, 0.25) is 10.0 Å². The minimum Gasteiger partial charge on any atom is -0.489 e. The third kappa shape index (κ3) is 5.25. The van der Waals surface area contributed by atoms with Crippen LogP contribution in [-0.2, 0) is 18.1 Å². The van der Waals surface area contributed by atoms with Crippen molar-refractivity contribution in [3.63, 3.8) is 0 Å². The van der Waals surface area contributed by atoms with Crippen molar-refractivity contribution in [1.29, 1.82) is 0 Å². The zero-order valence-electron chi connectivity index (χ0n) is 13.9. The molecule has 3 aromatic rings. The summed E-state index contributed by atoms with van der Waals surface area (Å²) >= 11 is 12.2. The van der Waals surface area contributed by atoms with Crippen molar-refractivity contribution >= 4 is 29.4 Å². The molecular formula is C21H17Cl2NO2. The predicted octanol–water partition coefficient (Wildman–Crippen LogP) is 6.12. The quantitative estimate of drug-likeness (QED) is 0.362. The monoisotopic (exact) mass is 385 g/mol. The first-order valence-corrected chi connectivity index (χ1v) is 8.83. The molecule has 0 unspecified atom stereocenters. The Balaban J connectivity index is 1.50. The van der Waals surface area contributed by atoms with Gasteiger partial charge in [-0.15, -0.1) is 0 Å². The first-order chi connectivity index (χ1) is 12.7. The van der Waals surface area contributed by atoms with Gasteiger partial charge in [-0.1, -0.05) is 64.8 Å². The van der Waals surface area contributed by atoms with Crippen molar-refractivity contribution < 1.29 is 9.57 Å². The van der Waals surface area contributed by atoms with E-state index in [2.05, 4.69) is 5.16 Å². The molecule has 0 aliphatic heterocycles. The molecule has 0 saturated carbocycles. The number of benzene rings is 3. The molecule has 0 aromatic heterocycles. The van der Waals surface area contributed by atoms with Crippen LogP contribution in [0, 0.1) is 0 Å². The molecule has 26 heavy (non-hydrogen) atoms. The SMILES string of the molecule is Clc1cccc(Cl)c1CO/N=C/c1ccc(OCc2ccccc2)cc1. The third-order valence-corrected chi connectivity index (χ3v) is 4.38. The highest BCUT2D eigenvalue weighted by molar-refractivity contribution is 6.35. The molecule has 0 bridgehead atoms. The highest BCUT2D eigenvalue weighted by Gasteiger charge is 2.05. The van der Waals surface area contributed by atoms with Crippen molar-refractivity contribution in [1.82, 2.24) is 0 Å². The first kappa shape index (κ1) is 18.3. The molecule has 0 radical (unpaired) electrons. The van der Waals surface area contributed by atoms with E-state index in [0.717, 1.165) is 22.4 Å². The lowest BCUT2D eigenvalue weighted by Crippen LogP contribution is -1.95. The molecule has 0 spiro atoms. The summed E-state index contributed by atoms with van der Waals surface area (Å²) in [6, 6.07) is 23.0. The van der Waals surface area contributed by atoms with Gasteiger partial charge in [0, 0.05) is 15.6 Å². The van der Waals surface area contributed by atoms with Crippen LogP contribution in [0.3, 0.4) is 0 Å². The average molecular weight is 386 g/mol. The van der Waals surface area contributed by atoms with Crippen molar-refractivity contribution in [2.45, 2.75) is 13.2 Å². The maximum Gasteiger partial charge on any atom is 0.145 e. The predicted molar refractivity (Wildman–Crippen MR) is 106 cm³/mol. The van der Waals surface area contributed by atoms with Gasteiger partial charge in [-0.2, -0.15) is 0 Å². The highest BCUT2D eigenvalue weighted by atomic mass is 35.5. The summed E-state index contributed by atoms with van der Waals surface area (Å²) in [6.45, 7) is 0.753. The zero-order chi connectivity index (χ0) is 18.2. The molecule has 3 nitrogen and oxygen atoms in total. The summed E-state index contributed by atoms with van der Waals surface area (Å²) < 4.78 is 5.75. The van der Waals surface area contributed by atoms with E-state index in [0.29, 0.717) is 16.7 Å². The fraction of sp³-hybridized carbons (Fsp3) is 0.0952. The van der Waals surface area contributed by atoms with Gasteiger partial charge in [0.15, 0.2) is 0 Å². The molecule has 3 aromatic carbocycles. The van der Waals surface area contributed by atoms with Gasteiger partial charge < -0.3 is 9.57 Å². The van der Waals surface area contributed by atoms with Gasteiger partial charge in [0.05, 0.1) is 6.21 Å². The zero-order valence-corrected chi connectivity index (χ0v) is 15.5. The van der Waals surface area contributed by atoms with E-state index < -0.39 is 0 Å². The number of nitrogens with zero attached hydrogens (tertiary/aromatic N) is 1. The summed E-state index contributed by atoms with van der Waals surface area (Å²) in [6.07, 6.45) is 1.63. The Labute approximate surface area is 162 Å². The highest BCUT2D eigenvalue weighted by Crippen LogP contribution is 2.24. The van der Waals surface area contributed by atoms with E-state index in [4.69, 9.17) is 32.8 Å². The van der Waals surface area contributed by atoms with Gasteiger partial charge in [0.2, 0.25) is 0 Å². The molecule has 0 atom stereocenters. The average Bonchev–Trinajstić information content (AvgIpc) is 2.67. The molecule has 132 valence electrons. The van der Waals surface area contributed by atoms with Gasteiger partial charge in [0.1, 0.15) is 19.0 Å². The minimum absolute atomic E-state index is 0.216. The van der Waals surface area contributed by atoms with E-state index in [1.54, 1.807) is 24.4 Å². The van der Waals surface area contributed by atoms with Crippen molar-refractivity contribution in [2.75, 3.05) is 0 Å². The van der Waals surface area contributed by atoms with E-state index in [9.17, 15) is 0 Å². The third-order valence-electron chi connectivity index (χ3n) is 3.68. The second-order valence-electron chi connectivity index (χ2n) is 5.55. The van der Waals surface area contributed by atoms with E-state index in [1.807, 2.05) is 54.6 Å². The Morgan fingerprint density at radius 3 is 2.15 bits per heavy atom. The standard InChI is InChI=1S/C21H17Cl2NO2/c22-20-7-4-8-21(23)19(20)15-26-24-13-16-9-11-18(12-10-16)25-14-17-5-2-1-3-6-17/h1-13H,14-15H2/b24-13+. The van der Waals surface area contributed by atoms with Crippen LogP contribution in [0.5, 0.6) is 5.75 Å². The molecular weight excluding hydrogens is 369 g/mol. The summed E-state index contributed by atoms with van der Waals surface area (Å²) in [7, 11) is 0. The molecule has 0 N–H and O–H groups in total. The maximum absolute atomic E-state index is 6.09. The Morgan fingerprint density at radius 2 is 1.46 bits per heavy atom. The fourth-order valence-corrected chi connectivity index (χ4v) is 2.77. The van der Waals surface area contributed by atoms with Gasteiger partial charge in [-0.05, 0) is 47.5 Å². The van der Waals surface area contributed by atoms with Gasteiger partial charge in [-0.3, -0.25) is 0 Å². The maximum atomic E-state index is 6.09. The second-order valence-corrected chi connectivity index (χ2v) is 6.37. The normalized spacial score (nSPS) is 10.8. The summed E-state index contributed by atoms with van der Waals surface area (Å²) in [5.74, 6) is 0.801. The van der Waals surface area contributed by atoms with Gasteiger partial charge in [0.25, 0.3) is 0 Å². The smallest absolute Gasteiger partial charge is 0.145 e. The van der Waals surface area contributed by atoms with Gasteiger partial charge in [-0.25, -0.2) is 0 Å². The molecule has 5 heteroatoms. The molecule has 0 aliphatic carbocycles. The van der Waals surface area contributed by atoms with Crippen LogP contribution < -0.4 is 4.74 Å². The van der Waals surface area contributed by atoms with Crippen molar-refractivity contribution in [3.8, 4) is 5.75 Å². The lowest BCUT2D eigenvalue weighted by molar-refractivity contribution is 0.132. The Kier molecular flexibility index (Phi) is 6.53. The topological polar surface area (TPSA) is 30.8 Å². The van der Waals surface area contributed by atoms with Gasteiger partial charge >= 0.3 is 0 Å². The van der Waals surface area contributed by atoms with Crippen LogP contribution in [-0.4, -0.2) is 6.21 Å². The lowest BCUT2D eigenvalue weighted by atomic mass is 10.2. The first-order valence-electron chi connectivity index (χ1n) is 8.07.